The van der Waals surface area contributed by atoms with Gasteiger partial charge >= 0.3 is 12.1 Å². The molecule has 0 aliphatic heterocycles. The Hall–Kier alpha value is -3.72. The number of fused-ring (bicyclic) bond motifs is 3. The van der Waals surface area contributed by atoms with Crippen LogP contribution in [0.4, 0.5) is 9.93 Å². The van der Waals surface area contributed by atoms with Crippen LogP contribution in [-0.4, -0.2) is 40.2 Å². The number of carbonyl (C=O) groups excluding carboxylic acids is 2. The van der Waals surface area contributed by atoms with Crippen LogP contribution >= 0.6 is 11.3 Å². The van der Waals surface area contributed by atoms with Gasteiger partial charge in [0.25, 0.3) is 5.91 Å². The highest BCUT2D eigenvalue weighted by molar-refractivity contribution is 7.14. The first-order chi connectivity index (χ1) is 16.2. The molecule has 2 amide bonds. The summed E-state index contributed by atoms with van der Waals surface area (Å²) < 4.78 is 5.51. The van der Waals surface area contributed by atoms with E-state index in [1.807, 2.05) is 36.4 Å². The lowest BCUT2D eigenvalue weighted by atomic mass is 9.98. The van der Waals surface area contributed by atoms with Crippen molar-refractivity contribution in [2.75, 3.05) is 11.9 Å². The van der Waals surface area contributed by atoms with Crippen LogP contribution in [0.3, 0.4) is 0 Å². The Labute approximate surface area is 201 Å². The van der Waals surface area contributed by atoms with Crippen LogP contribution in [0, 0.1) is 0 Å². The van der Waals surface area contributed by atoms with Gasteiger partial charge in [-0.05, 0) is 42.5 Å². The maximum Gasteiger partial charge on any atom is 0.413 e. The number of nitrogens with one attached hydrogen (secondary N) is 2. The van der Waals surface area contributed by atoms with Crippen molar-refractivity contribution in [2.24, 2.45) is 0 Å². The number of hydrogen-bond acceptors (Lipinski definition) is 6. The molecule has 4 rings (SSSR count). The summed E-state index contributed by atoms with van der Waals surface area (Å²) in [6.07, 6.45) is -0.424. The van der Waals surface area contributed by atoms with E-state index in [9.17, 15) is 14.4 Å². The normalized spacial score (nSPS) is 12.5. The smallest absolute Gasteiger partial charge is 0.413 e. The van der Waals surface area contributed by atoms with Crippen LogP contribution in [0.2, 0.25) is 0 Å². The van der Waals surface area contributed by atoms with Crippen molar-refractivity contribution >= 4 is 34.4 Å². The molecule has 1 aromatic heterocycles. The molecule has 2 aromatic carbocycles. The first-order valence-electron chi connectivity index (χ1n) is 10.9. The van der Waals surface area contributed by atoms with Crippen molar-refractivity contribution in [3.8, 4) is 11.1 Å². The molecule has 9 heteroatoms. The standard InChI is InChI=1S/C25H25N3O5S/c1-25(2,12-11-21(29)30)28-22(31)20-14-34-23(26-20)27-24(32)33-13-19-17-9-5-3-7-15(17)16-8-4-6-10-18(16)19/h3-10,14,19H,11-13H2,1-2H3,(H,28,31)(H,29,30)(H,26,27,32). The Kier molecular flexibility index (Phi) is 6.65. The van der Waals surface area contributed by atoms with Crippen molar-refractivity contribution in [3.05, 3.63) is 70.7 Å². The van der Waals surface area contributed by atoms with Crippen molar-refractivity contribution < 1.29 is 24.2 Å². The second-order valence-corrected chi connectivity index (χ2v) is 9.58. The highest BCUT2D eigenvalue weighted by atomic mass is 32.1. The molecule has 1 aliphatic carbocycles. The quantitative estimate of drug-likeness (QED) is 0.424. The lowest BCUT2D eigenvalue weighted by Gasteiger charge is -2.25. The summed E-state index contributed by atoms with van der Waals surface area (Å²) in [5.74, 6) is -1.42. The highest BCUT2D eigenvalue weighted by Gasteiger charge is 2.29. The Morgan fingerprint density at radius 1 is 1.06 bits per heavy atom. The summed E-state index contributed by atoms with van der Waals surface area (Å²) in [4.78, 5) is 39.9. The fourth-order valence-corrected chi connectivity index (χ4v) is 4.69. The summed E-state index contributed by atoms with van der Waals surface area (Å²) >= 11 is 1.11. The van der Waals surface area contributed by atoms with E-state index in [2.05, 4.69) is 27.8 Å². The summed E-state index contributed by atoms with van der Waals surface area (Å²) in [6, 6.07) is 16.2. The van der Waals surface area contributed by atoms with Crippen LogP contribution in [0.25, 0.3) is 11.1 Å². The fraction of sp³-hybridized carbons (Fsp3) is 0.280. The van der Waals surface area contributed by atoms with Crippen LogP contribution < -0.4 is 10.6 Å². The Bertz CT molecular complexity index is 1190. The number of carboxylic acids is 1. The van der Waals surface area contributed by atoms with E-state index < -0.39 is 23.5 Å². The van der Waals surface area contributed by atoms with E-state index >= 15 is 0 Å². The maximum atomic E-state index is 12.5. The van der Waals surface area contributed by atoms with E-state index in [-0.39, 0.29) is 36.2 Å². The van der Waals surface area contributed by atoms with E-state index in [1.165, 1.54) is 5.38 Å². The lowest BCUT2D eigenvalue weighted by Crippen LogP contribution is -2.43. The summed E-state index contributed by atoms with van der Waals surface area (Å²) in [5, 5.41) is 16.0. The Morgan fingerprint density at radius 3 is 2.29 bits per heavy atom. The van der Waals surface area contributed by atoms with Gasteiger partial charge in [0.1, 0.15) is 12.3 Å². The lowest BCUT2D eigenvalue weighted by molar-refractivity contribution is -0.137. The molecule has 0 spiro atoms. The molecule has 1 heterocycles. The summed E-state index contributed by atoms with van der Waals surface area (Å²) in [7, 11) is 0. The molecule has 0 saturated heterocycles. The number of benzene rings is 2. The number of carboxylic acid groups (broad SMARTS) is 1. The number of aliphatic carboxylic acids is 1. The largest absolute Gasteiger partial charge is 0.481 e. The minimum Gasteiger partial charge on any atom is -0.481 e. The first-order valence-corrected chi connectivity index (χ1v) is 11.7. The van der Waals surface area contributed by atoms with E-state index in [0.717, 1.165) is 33.6 Å². The van der Waals surface area contributed by atoms with Crippen molar-refractivity contribution in [2.45, 2.75) is 38.1 Å². The molecule has 0 atom stereocenters. The Balaban J connectivity index is 1.34. The van der Waals surface area contributed by atoms with Gasteiger partial charge in [0, 0.05) is 23.3 Å². The number of carbonyl (C=O) groups is 3. The molecule has 0 bridgehead atoms. The monoisotopic (exact) mass is 479 g/mol. The molecule has 8 nitrogen and oxygen atoms in total. The van der Waals surface area contributed by atoms with Gasteiger partial charge in [0.2, 0.25) is 0 Å². The topological polar surface area (TPSA) is 118 Å². The van der Waals surface area contributed by atoms with Crippen molar-refractivity contribution in [1.82, 2.24) is 10.3 Å². The average Bonchev–Trinajstić information content (AvgIpc) is 3.39. The minimum absolute atomic E-state index is 0.0520. The number of thiazole rings is 1. The summed E-state index contributed by atoms with van der Waals surface area (Å²) in [6.45, 7) is 3.67. The molecule has 34 heavy (non-hydrogen) atoms. The van der Waals surface area contributed by atoms with Gasteiger partial charge in [-0.3, -0.25) is 14.9 Å². The van der Waals surface area contributed by atoms with E-state index in [0.29, 0.717) is 0 Å². The van der Waals surface area contributed by atoms with Crippen LogP contribution in [0.15, 0.2) is 53.9 Å². The SMILES string of the molecule is CC(C)(CCC(=O)O)NC(=O)c1csc(NC(=O)OCC2c3ccccc3-c3ccccc32)n1. The number of amides is 2. The van der Waals surface area contributed by atoms with E-state index in [4.69, 9.17) is 9.84 Å². The number of rotatable bonds is 8. The highest BCUT2D eigenvalue weighted by Crippen LogP contribution is 2.44. The molecule has 0 radical (unpaired) electrons. The van der Waals surface area contributed by atoms with E-state index in [1.54, 1.807) is 13.8 Å². The Morgan fingerprint density at radius 2 is 1.68 bits per heavy atom. The maximum absolute atomic E-state index is 12.5. The number of nitrogens with zero attached hydrogens (tertiary/aromatic N) is 1. The third kappa shape index (κ3) is 5.26. The molecule has 176 valence electrons. The first kappa shape index (κ1) is 23.4. The number of hydrogen-bond donors (Lipinski definition) is 3. The van der Waals surface area contributed by atoms with Crippen LogP contribution in [0.5, 0.6) is 0 Å². The third-order valence-corrected chi connectivity index (χ3v) is 6.46. The molecular weight excluding hydrogens is 454 g/mol. The number of aromatic nitrogens is 1. The van der Waals surface area contributed by atoms with Gasteiger partial charge in [-0.25, -0.2) is 9.78 Å². The van der Waals surface area contributed by atoms with Gasteiger partial charge in [-0.1, -0.05) is 48.5 Å². The van der Waals surface area contributed by atoms with Gasteiger partial charge in [0.15, 0.2) is 5.13 Å². The molecule has 0 saturated carbocycles. The predicted molar refractivity (Wildman–Crippen MR) is 129 cm³/mol. The van der Waals surface area contributed by atoms with Crippen molar-refractivity contribution in [1.29, 1.82) is 0 Å². The number of ether oxygens (including phenoxy) is 1. The molecule has 1 aliphatic rings. The molecular formula is C25H25N3O5S. The summed E-state index contributed by atoms with van der Waals surface area (Å²) in [5.41, 5.74) is 3.97. The second-order valence-electron chi connectivity index (χ2n) is 8.72. The zero-order valence-corrected chi connectivity index (χ0v) is 19.6. The molecule has 0 unspecified atom stereocenters. The van der Waals surface area contributed by atoms with Crippen LogP contribution in [0.1, 0.15) is 54.2 Å². The third-order valence-electron chi connectivity index (χ3n) is 5.71. The average molecular weight is 480 g/mol. The van der Waals surface area contributed by atoms with Crippen molar-refractivity contribution in [3.63, 3.8) is 0 Å². The predicted octanol–water partition coefficient (Wildman–Crippen LogP) is 4.88. The molecule has 0 fully saturated rings. The minimum atomic E-state index is -0.925. The van der Waals surface area contributed by atoms with Gasteiger partial charge < -0.3 is 15.2 Å². The van der Waals surface area contributed by atoms with Crippen LogP contribution in [-0.2, 0) is 9.53 Å². The zero-order valence-electron chi connectivity index (χ0n) is 18.8. The molecule has 3 N–H and O–H groups in total. The van der Waals surface area contributed by atoms with Gasteiger partial charge in [0.05, 0.1) is 0 Å². The van der Waals surface area contributed by atoms with Gasteiger partial charge in [-0.15, -0.1) is 11.3 Å². The van der Waals surface area contributed by atoms with Gasteiger partial charge in [-0.2, -0.15) is 0 Å². The second kappa shape index (κ2) is 9.64. The molecule has 3 aromatic rings. The zero-order chi connectivity index (χ0) is 24.3. The number of anilines is 1. The fourth-order valence-electron chi connectivity index (χ4n) is 4.01.